The molecule has 0 aromatic carbocycles. The van der Waals surface area contributed by atoms with Gasteiger partial charge in [-0.3, -0.25) is 0 Å². The van der Waals surface area contributed by atoms with E-state index in [1.54, 1.807) is 0 Å². The maximum atomic E-state index is 6.44. The maximum absolute atomic E-state index is 6.44. The number of ether oxygens (including phenoxy) is 1. The first-order chi connectivity index (χ1) is 15.5. The van der Waals surface area contributed by atoms with E-state index in [1.807, 2.05) is 0 Å². The first-order valence-electron chi connectivity index (χ1n) is 14.3. The molecule has 0 aromatic rings. The summed E-state index contributed by atoms with van der Waals surface area (Å²) in [5, 5.41) is 0. The second kappa shape index (κ2) is 16.0. The van der Waals surface area contributed by atoms with E-state index in [9.17, 15) is 0 Å². The lowest BCUT2D eigenvalue weighted by atomic mass is 9.62. The van der Waals surface area contributed by atoms with Crippen LogP contribution in [0.15, 0.2) is 0 Å². The van der Waals surface area contributed by atoms with Crippen molar-refractivity contribution >= 4 is 22.1 Å². The summed E-state index contributed by atoms with van der Waals surface area (Å²) in [5.74, 6) is 0.733. The first kappa shape index (κ1) is 34.1. The van der Waals surface area contributed by atoms with E-state index < -0.39 is 0 Å². The molecule has 0 atom stereocenters. The zero-order chi connectivity index (χ0) is 26.5. The van der Waals surface area contributed by atoms with E-state index in [4.69, 9.17) is 13.9 Å². The second-order valence-electron chi connectivity index (χ2n) is 14.4. The molecule has 0 heterocycles. The fourth-order valence-electron chi connectivity index (χ4n) is 3.88. The van der Waals surface area contributed by atoms with Gasteiger partial charge >= 0.3 is 7.12 Å². The van der Waals surface area contributed by atoms with Crippen molar-refractivity contribution in [3.63, 3.8) is 0 Å². The summed E-state index contributed by atoms with van der Waals surface area (Å²) < 4.78 is 18.6. The van der Waals surface area contributed by atoms with Crippen molar-refractivity contribution in [1.29, 1.82) is 0 Å². The molecule has 0 saturated heterocycles. The van der Waals surface area contributed by atoms with Crippen LogP contribution in [0.4, 0.5) is 0 Å². The summed E-state index contributed by atoms with van der Waals surface area (Å²) in [5.41, 5.74) is 1.07. The van der Waals surface area contributed by atoms with Crippen LogP contribution in [-0.2, 0) is 13.9 Å². The molecule has 0 aliphatic carbocycles. The summed E-state index contributed by atoms with van der Waals surface area (Å²) in [6.07, 6.45) is 10.3. The van der Waals surface area contributed by atoms with Crippen LogP contribution < -0.4 is 0 Å². The van der Waals surface area contributed by atoms with E-state index in [0.717, 1.165) is 59.5 Å². The van der Waals surface area contributed by atoms with Crippen LogP contribution in [0.3, 0.4) is 0 Å². The van der Waals surface area contributed by atoms with E-state index in [0.29, 0.717) is 10.8 Å². The molecule has 34 heavy (non-hydrogen) atoms. The van der Waals surface area contributed by atoms with Gasteiger partial charge in [-0.05, 0) is 72.2 Å². The Bertz CT molecular complexity index is 519. The minimum absolute atomic E-state index is 0.126. The normalized spacial score (nSPS) is 13.4. The third-order valence-electron chi connectivity index (χ3n) is 7.56. The Labute approximate surface area is 217 Å². The van der Waals surface area contributed by atoms with Gasteiger partial charge in [-0.1, -0.05) is 95.9 Å². The average Bonchev–Trinajstić information content (AvgIpc) is 2.70. The lowest BCUT2D eigenvalue weighted by Crippen LogP contribution is -2.34. The minimum Gasteiger partial charge on any atom is -0.478 e. The standard InChI is InChI=1S/C28H61B3O3/c1-13-19-32-23-28(11,12)21-30-34-31(22-27(9,10)16-15-24(3)4)33-29-20-26(7,8)18-17-25(5,6)14-2/h24,29-30H,13-23H2,1-12H3. The molecule has 0 N–H and O–H groups in total. The molecule has 0 saturated carbocycles. The van der Waals surface area contributed by atoms with Crippen LogP contribution in [0.1, 0.15) is 122 Å². The predicted molar refractivity (Wildman–Crippen MR) is 156 cm³/mol. The third kappa shape index (κ3) is 18.4. The molecule has 200 valence electrons. The number of hydrogen-bond donors (Lipinski definition) is 0. The molecule has 0 unspecified atom stereocenters. The monoisotopic (exact) mass is 478 g/mol. The Morgan fingerprint density at radius 3 is 1.74 bits per heavy atom. The molecule has 0 spiro atoms. The van der Waals surface area contributed by atoms with Crippen molar-refractivity contribution in [2.45, 2.75) is 141 Å². The van der Waals surface area contributed by atoms with E-state index in [1.165, 1.54) is 32.1 Å². The average molecular weight is 478 g/mol. The van der Waals surface area contributed by atoms with Crippen LogP contribution >= 0.6 is 0 Å². The molecule has 0 fully saturated rings. The molecule has 0 aliphatic heterocycles. The maximum Gasteiger partial charge on any atom is 0.426 e. The van der Waals surface area contributed by atoms with Crippen molar-refractivity contribution in [1.82, 2.24) is 0 Å². The van der Waals surface area contributed by atoms with Gasteiger partial charge in [0.1, 0.15) is 0 Å². The Balaban J connectivity index is 4.87. The molecule has 6 heteroatoms. The first-order valence-corrected chi connectivity index (χ1v) is 14.3. The minimum atomic E-state index is -0.127. The number of rotatable bonds is 21. The second-order valence-corrected chi connectivity index (χ2v) is 14.4. The summed E-state index contributed by atoms with van der Waals surface area (Å²) in [7, 11) is 1.37. The van der Waals surface area contributed by atoms with E-state index >= 15 is 0 Å². The molecule has 0 rings (SSSR count). The van der Waals surface area contributed by atoms with Gasteiger partial charge in [0.25, 0.3) is 15.0 Å². The van der Waals surface area contributed by atoms with Crippen LogP contribution in [-0.4, -0.2) is 35.3 Å². The Morgan fingerprint density at radius 2 is 1.24 bits per heavy atom. The van der Waals surface area contributed by atoms with Crippen molar-refractivity contribution in [2.24, 2.45) is 27.6 Å². The van der Waals surface area contributed by atoms with Crippen molar-refractivity contribution in [3.05, 3.63) is 0 Å². The highest BCUT2D eigenvalue weighted by Gasteiger charge is 2.31. The molecule has 3 nitrogen and oxygen atoms in total. The van der Waals surface area contributed by atoms with Crippen molar-refractivity contribution in [3.8, 4) is 0 Å². The fourth-order valence-corrected chi connectivity index (χ4v) is 3.88. The van der Waals surface area contributed by atoms with Gasteiger partial charge in [0.2, 0.25) is 0 Å². The summed E-state index contributed by atoms with van der Waals surface area (Å²) >= 11 is 0. The van der Waals surface area contributed by atoms with Crippen LogP contribution in [0.5, 0.6) is 0 Å². The zero-order valence-electron chi connectivity index (χ0n) is 25.6. The predicted octanol–water partition coefficient (Wildman–Crippen LogP) is 8.21. The smallest absolute Gasteiger partial charge is 0.426 e. The summed E-state index contributed by atoms with van der Waals surface area (Å²) in [4.78, 5) is 0. The van der Waals surface area contributed by atoms with Crippen LogP contribution in [0.2, 0.25) is 19.0 Å². The zero-order valence-corrected chi connectivity index (χ0v) is 25.6. The largest absolute Gasteiger partial charge is 0.478 e. The molecule has 0 radical (unpaired) electrons. The number of hydrogen-bond acceptors (Lipinski definition) is 3. The van der Waals surface area contributed by atoms with Crippen LogP contribution in [0, 0.1) is 27.6 Å². The lowest BCUT2D eigenvalue weighted by Gasteiger charge is -2.32. The quantitative estimate of drug-likeness (QED) is 0.123. The molecule has 0 aromatic heterocycles. The SMILES string of the molecule is CCCOCC(C)(C)CBOB(CC(C)(C)CCC(C)C)OBCC(C)(C)CCC(C)(C)CC. The lowest BCUT2D eigenvalue weighted by molar-refractivity contribution is 0.0709. The van der Waals surface area contributed by atoms with Crippen molar-refractivity contribution < 1.29 is 13.9 Å². The molecule has 0 aliphatic rings. The molecule has 0 amide bonds. The highest BCUT2D eigenvalue weighted by atomic mass is 16.5. The van der Waals surface area contributed by atoms with Gasteiger partial charge in [-0.2, -0.15) is 0 Å². The van der Waals surface area contributed by atoms with Gasteiger partial charge in [-0.25, -0.2) is 0 Å². The van der Waals surface area contributed by atoms with Crippen LogP contribution in [0.25, 0.3) is 0 Å². The highest BCUT2D eigenvalue weighted by Crippen LogP contribution is 2.36. The highest BCUT2D eigenvalue weighted by molar-refractivity contribution is 6.58. The Hall–Kier alpha value is 0.0748. The molecule has 0 bridgehead atoms. The van der Waals surface area contributed by atoms with Gasteiger partial charge < -0.3 is 13.9 Å². The summed E-state index contributed by atoms with van der Waals surface area (Å²) in [6, 6.07) is 0. The Morgan fingerprint density at radius 1 is 0.706 bits per heavy atom. The third-order valence-corrected chi connectivity index (χ3v) is 7.56. The molecular weight excluding hydrogens is 417 g/mol. The van der Waals surface area contributed by atoms with Gasteiger partial charge in [0.15, 0.2) is 0 Å². The van der Waals surface area contributed by atoms with E-state index in [2.05, 4.69) is 83.1 Å². The van der Waals surface area contributed by atoms with Gasteiger partial charge in [-0.15, -0.1) is 0 Å². The van der Waals surface area contributed by atoms with Gasteiger partial charge in [0.05, 0.1) is 6.61 Å². The van der Waals surface area contributed by atoms with Crippen molar-refractivity contribution in [2.75, 3.05) is 13.2 Å². The molecular formula is C28H61B3O3. The Kier molecular flexibility index (Phi) is 16.1. The fraction of sp³-hybridized carbons (Fsp3) is 1.00. The van der Waals surface area contributed by atoms with Gasteiger partial charge in [0, 0.05) is 6.61 Å². The topological polar surface area (TPSA) is 27.7 Å². The van der Waals surface area contributed by atoms with E-state index in [-0.39, 0.29) is 17.9 Å². The summed E-state index contributed by atoms with van der Waals surface area (Å²) in [6.45, 7) is 29.6.